The van der Waals surface area contributed by atoms with E-state index in [4.69, 9.17) is 9.47 Å². The smallest absolute Gasteiger partial charge is 0.413 e. The third-order valence-corrected chi connectivity index (χ3v) is 2.45. The summed E-state index contributed by atoms with van der Waals surface area (Å²) < 4.78 is 24.1. The second kappa shape index (κ2) is 5.03. The van der Waals surface area contributed by atoms with E-state index in [1.165, 1.54) is 6.07 Å². The molecule has 1 aromatic heterocycles. The molecule has 19 heavy (non-hydrogen) atoms. The number of aromatic nitrogens is 1. The minimum atomic E-state index is -0.726. The lowest BCUT2D eigenvalue weighted by Gasteiger charge is -2.21. The maximum atomic E-state index is 13.8. The van der Waals surface area contributed by atoms with Crippen LogP contribution in [0.5, 0.6) is 5.75 Å². The Kier molecular flexibility index (Phi) is 3.59. The van der Waals surface area contributed by atoms with Crippen LogP contribution in [0.3, 0.4) is 0 Å². The number of fused-ring (bicyclic) bond motifs is 1. The van der Waals surface area contributed by atoms with Crippen molar-refractivity contribution in [1.82, 2.24) is 4.98 Å². The average molecular weight is 268 g/mol. The van der Waals surface area contributed by atoms with Crippen molar-refractivity contribution < 1.29 is 18.7 Å². The Balaban J connectivity index is 2.14. The van der Waals surface area contributed by atoms with Crippen LogP contribution in [0.15, 0.2) is 6.07 Å². The van der Waals surface area contributed by atoms with E-state index in [-0.39, 0.29) is 5.82 Å². The zero-order valence-electron chi connectivity index (χ0n) is 11.2. The molecule has 1 amide bonds. The summed E-state index contributed by atoms with van der Waals surface area (Å²) in [6.07, 6.45) is 0.812. The highest BCUT2D eigenvalue weighted by atomic mass is 19.1. The van der Waals surface area contributed by atoms with Crippen molar-refractivity contribution in [3.8, 4) is 5.75 Å². The van der Waals surface area contributed by atoms with Crippen LogP contribution in [-0.4, -0.2) is 23.3 Å². The average Bonchev–Trinajstić information content (AvgIpc) is 2.27. The maximum absolute atomic E-state index is 13.8. The lowest BCUT2D eigenvalue weighted by atomic mass is 10.1. The van der Waals surface area contributed by atoms with Gasteiger partial charge >= 0.3 is 6.09 Å². The first-order chi connectivity index (χ1) is 8.85. The molecule has 0 bridgehead atoms. The van der Waals surface area contributed by atoms with Gasteiger partial charge in [-0.25, -0.2) is 14.2 Å². The molecular weight excluding hydrogens is 251 g/mol. The molecule has 0 aliphatic carbocycles. The first kappa shape index (κ1) is 13.6. The zero-order chi connectivity index (χ0) is 14.0. The second-order valence-corrected chi connectivity index (χ2v) is 5.34. The predicted molar refractivity (Wildman–Crippen MR) is 67.9 cm³/mol. The summed E-state index contributed by atoms with van der Waals surface area (Å²) in [5, 5.41) is 2.31. The van der Waals surface area contributed by atoms with Crippen LogP contribution in [0.2, 0.25) is 0 Å². The molecule has 0 saturated carbocycles. The first-order valence-electron chi connectivity index (χ1n) is 6.17. The van der Waals surface area contributed by atoms with Crippen LogP contribution in [0.1, 0.15) is 32.9 Å². The summed E-state index contributed by atoms with van der Waals surface area (Å²) in [6, 6.07) is 1.24. The molecule has 1 aliphatic rings. The molecular formula is C13H17FN2O3. The predicted octanol–water partition coefficient (Wildman–Crippen LogP) is 2.89. The van der Waals surface area contributed by atoms with Crippen LogP contribution >= 0.6 is 0 Å². The van der Waals surface area contributed by atoms with Crippen LogP contribution in [0, 0.1) is 5.82 Å². The van der Waals surface area contributed by atoms with Crippen molar-refractivity contribution in [2.75, 3.05) is 11.9 Å². The number of ether oxygens (including phenoxy) is 2. The highest BCUT2D eigenvalue weighted by molar-refractivity contribution is 5.83. The number of amides is 1. The van der Waals surface area contributed by atoms with Crippen molar-refractivity contribution in [3.05, 3.63) is 17.6 Å². The molecule has 1 aromatic rings. The molecule has 2 heterocycles. The van der Waals surface area contributed by atoms with Crippen LogP contribution in [-0.2, 0) is 11.2 Å². The molecule has 0 atom stereocenters. The number of rotatable bonds is 1. The van der Waals surface area contributed by atoms with Gasteiger partial charge in [0.1, 0.15) is 11.4 Å². The summed E-state index contributed by atoms with van der Waals surface area (Å²) in [4.78, 5) is 15.6. The van der Waals surface area contributed by atoms with E-state index in [1.54, 1.807) is 20.8 Å². The minimum absolute atomic E-state index is 0.126. The van der Waals surface area contributed by atoms with Gasteiger partial charge in [-0.15, -0.1) is 0 Å². The van der Waals surface area contributed by atoms with E-state index < -0.39 is 17.5 Å². The Labute approximate surface area is 111 Å². The molecule has 0 unspecified atom stereocenters. The van der Waals surface area contributed by atoms with Crippen LogP contribution in [0.25, 0.3) is 0 Å². The number of hydrogen-bond donors (Lipinski definition) is 1. The van der Waals surface area contributed by atoms with E-state index in [2.05, 4.69) is 10.3 Å². The van der Waals surface area contributed by atoms with E-state index in [9.17, 15) is 9.18 Å². The monoisotopic (exact) mass is 268 g/mol. The standard InChI is InChI=1S/C13H17FN2O3/c1-13(2,3)19-12(17)16-11-8(14)7-10-9(15-11)5-4-6-18-10/h7H,4-6H2,1-3H3,(H,15,16,17). The van der Waals surface area contributed by atoms with Crippen molar-refractivity contribution in [1.29, 1.82) is 0 Å². The highest BCUT2D eigenvalue weighted by Gasteiger charge is 2.20. The fourth-order valence-corrected chi connectivity index (χ4v) is 1.72. The van der Waals surface area contributed by atoms with Gasteiger partial charge in [0.2, 0.25) is 0 Å². The Morgan fingerprint density at radius 2 is 2.26 bits per heavy atom. The molecule has 6 heteroatoms. The molecule has 1 aliphatic heterocycles. The van der Waals surface area contributed by atoms with Crippen molar-refractivity contribution >= 4 is 11.9 Å². The quantitative estimate of drug-likeness (QED) is 0.850. The first-order valence-corrected chi connectivity index (χ1v) is 6.17. The zero-order valence-corrected chi connectivity index (χ0v) is 11.2. The fourth-order valence-electron chi connectivity index (χ4n) is 1.72. The van der Waals surface area contributed by atoms with Gasteiger partial charge in [0.25, 0.3) is 0 Å². The maximum Gasteiger partial charge on any atom is 0.413 e. The number of anilines is 1. The molecule has 0 aromatic carbocycles. The number of carbonyl (C=O) groups is 1. The largest absolute Gasteiger partial charge is 0.492 e. The minimum Gasteiger partial charge on any atom is -0.492 e. The summed E-state index contributed by atoms with van der Waals surface area (Å²) in [5.74, 6) is -0.316. The van der Waals surface area contributed by atoms with Crippen molar-refractivity contribution in [2.45, 2.75) is 39.2 Å². The van der Waals surface area contributed by atoms with Gasteiger partial charge in [-0.2, -0.15) is 0 Å². The number of pyridine rings is 1. The Bertz CT molecular complexity index is 497. The topological polar surface area (TPSA) is 60.5 Å². The van der Waals surface area contributed by atoms with Gasteiger partial charge in [0.15, 0.2) is 11.6 Å². The third-order valence-electron chi connectivity index (χ3n) is 2.45. The number of hydrogen-bond acceptors (Lipinski definition) is 4. The fraction of sp³-hybridized carbons (Fsp3) is 0.538. The van der Waals surface area contributed by atoms with Gasteiger partial charge in [-0.1, -0.05) is 0 Å². The molecule has 104 valence electrons. The lowest BCUT2D eigenvalue weighted by Crippen LogP contribution is -2.28. The Hall–Kier alpha value is -1.85. The number of aryl methyl sites for hydroxylation is 1. The van der Waals surface area contributed by atoms with Crippen LogP contribution in [0.4, 0.5) is 15.0 Å². The lowest BCUT2D eigenvalue weighted by molar-refractivity contribution is 0.0634. The Morgan fingerprint density at radius 3 is 2.95 bits per heavy atom. The second-order valence-electron chi connectivity index (χ2n) is 5.34. The molecule has 5 nitrogen and oxygen atoms in total. The molecule has 0 saturated heterocycles. The van der Waals surface area contributed by atoms with E-state index in [1.807, 2.05) is 0 Å². The molecule has 0 radical (unpaired) electrons. The number of halogens is 1. The SMILES string of the molecule is CC(C)(C)OC(=O)Nc1nc2c(cc1F)OCCC2. The van der Waals surface area contributed by atoms with E-state index in [0.717, 1.165) is 6.42 Å². The van der Waals surface area contributed by atoms with Crippen molar-refractivity contribution in [2.24, 2.45) is 0 Å². The third kappa shape index (κ3) is 3.56. The van der Waals surface area contributed by atoms with Gasteiger partial charge in [0, 0.05) is 6.07 Å². The Morgan fingerprint density at radius 1 is 1.53 bits per heavy atom. The number of nitrogens with zero attached hydrogens (tertiary/aromatic N) is 1. The summed E-state index contributed by atoms with van der Waals surface area (Å²) in [7, 11) is 0. The summed E-state index contributed by atoms with van der Waals surface area (Å²) in [6.45, 7) is 5.76. The number of carbonyl (C=O) groups excluding carboxylic acids is 1. The molecule has 1 N–H and O–H groups in total. The number of nitrogens with one attached hydrogen (secondary N) is 1. The molecule has 0 spiro atoms. The van der Waals surface area contributed by atoms with E-state index >= 15 is 0 Å². The van der Waals surface area contributed by atoms with Crippen molar-refractivity contribution in [3.63, 3.8) is 0 Å². The van der Waals surface area contributed by atoms with Crippen LogP contribution < -0.4 is 10.1 Å². The normalized spacial score (nSPS) is 14.3. The molecule has 2 rings (SSSR count). The molecule has 0 fully saturated rings. The summed E-state index contributed by atoms with van der Waals surface area (Å²) >= 11 is 0. The van der Waals surface area contributed by atoms with E-state index in [0.29, 0.717) is 24.5 Å². The van der Waals surface area contributed by atoms with Gasteiger partial charge in [0.05, 0.1) is 12.3 Å². The highest BCUT2D eigenvalue weighted by Crippen LogP contribution is 2.27. The van der Waals surface area contributed by atoms with Gasteiger partial charge in [-0.3, -0.25) is 5.32 Å². The van der Waals surface area contributed by atoms with Gasteiger partial charge in [-0.05, 0) is 33.6 Å². The van der Waals surface area contributed by atoms with Gasteiger partial charge < -0.3 is 9.47 Å². The summed E-state index contributed by atoms with van der Waals surface area (Å²) in [5.41, 5.74) is 0.0106.